The molecule has 0 radical (unpaired) electrons. The number of hydrogen-bond acceptors (Lipinski definition) is 5. The Hall–Kier alpha value is -0.550. The first-order chi connectivity index (χ1) is 6.09. The minimum absolute atomic E-state index is 0.291. The van der Waals surface area contributed by atoms with Gasteiger partial charge in [-0.3, -0.25) is 0 Å². The zero-order chi connectivity index (χ0) is 9.84. The van der Waals surface area contributed by atoms with Gasteiger partial charge in [0.05, 0.1) is 5.75 Å². The molecule has 0 aliphatic carbocycles. The van der Waals surface area contributed by atoms with Crippen molar-refractivity contribution in [3.05, 3.63) is 11.7 Å². The van der Waals surface area contributed by atoms with Gasteiger partial charge in [0.2, 0.25) is 0 Å². The molecule has 0 aromatic carbocycles. The van der Waals surface area contributed by atoms with Crippen molar-refractivity contribution in [3.8, 4) is 0 Å². The van der Waals surface area contributed by atoms with Crippen LogP contribution in [-0.2, 0) is 5.75 Å². The topological polar surface area (TPSA) is 59.2 Å². The summed E-state index contributed by atoms with van der Waals surface area (Å²) >= 11 is 1.74. The van der Waals surface area contributed by atoms with E-state index in [1.807, 2.05) is 0 Å². The molecule has 0 fully saturated rings. The van der Waals surface area contributed by atoms with Crippen LogP contribution in [0.25, 0.3) is 0 Å². The van der Waals surface area contributed by atoms with Gasteiger partial charge < -0.3 is 9.63 Å². The number of aliphatic hydroxyl groups excluding tert-OH is 1. The fourth-order valence-electron chi connectivity index (χ4n) is 0.737. The highest BCUT2D eigenvalue weighted by Crippen LogP contribution is 2.16. The zero-order valence-electron chi connectivity index (χ0n) is 8.02. The summed E-state index contributed by atoms with van der Waals surface area (Å²) in [6.07, 6.45) is -0.676. The maximum Gasteiger partial charge on any atom is 0.255 e. The molecule has 0 saturated heterocycles. The van der Waals surface area contributed by atoms with Crippen LogP contribution in [0.1, 0.15) is 38.6 Å². The van der Waals surface area contributed by atoms with Crippen molar-refractivity contribution in [3.63, 3.8) is 0 Å². The molecule has 1 aromatic heterocycles. The van der Waals surface area contributed by atoms with E-state index in [-0.39, 0.29) is 0 Å². The molecule has 1 N–H and O–H groups in total. The Bertz CT molecular complexity index is 260. The molecule has 0 bridgehead atoms. The summed E-state index contributed by atoms with van der Waals surface area (Å²) in [6.45, 7) is 5.83. The summed E-state index contributed by atoms with van der Waals surface area (Å²) in [5.74, 6) is 1.67. The van der Waals surface area contributed by atoms with Gasteiger partial charge in [-0.15, -0.1) is 0 Å². The molecule has 0 aliphatic rings. The molecular formula is C8H14N2O2S. The fraction of sp³-hybridized carbons (Fsp3) is 0.750. The number of aromatic nitrogens is 2. The monoisotopic (exact) mass is 202 g/mol. The van der Waals surface area contributed by atoms with Gasteiger partial charge in [-0.2, -0.15) is 16.7 Å². The lowest BCUT2D eigenvalue weighted by Crippen LogP contribution is -1.93. The van der Waals surface area contributed by atoms with Crippen LogP contribution in [-0.4, -0.2) is 20.5 Å². The highest BCUT2D eigenvalue weighted by atomic mass is 32.2. The summed E-state index contributed by atoms with van der Waals surface area (Å²) in [7, 11) is 0. The molecule has 0 amide bonds. The molecule has 1 unspecified atom stereocenters. The molecule has 0 saturated carbocycles. The van der Waals surface area contributed by atoms with Crippen molar-refractivity contribution in [1.82, 2.24) is 10.1 Å². The van der Waals surface area contributed by atoms with Gasteiger partial charge in [0.25, 0.3) is 5.89 Å². The second-order valence-corrected chi connectivity index (χ2v) is 4.65. The van der Waals surface area contributed by atoms with Crippen molar-refractivity contribution < 1.29 is 9.63 Å². The maximum atomic E-state index is 9.11. The second kappa shape index (κ2) is 4.62. The molecule has 1 atom stereocenters. The minimum Gasteiger partial charge on any atom is -0.384 e. The molecule has 0 spiro atoms. The van der Waals surface area contributed by atoms with Gasteiger partial charge in [-0.05, 0) is 12.2 Å². The molecule has 0 aliphatic heterocycles. The average Bonchev–Trinajstić information content (AvgIpc) is 2.48. The number of aliphatic hydroxyl groups is 1. The number of hydrogen-bond donors (Lipinski definition) is 1. The van der Waals surface area contributed by atoms with Crippen LogP contribution in [0, 0.1) is 0 Å². The molecule has 4 nitrogen and oxygen atoms in total. The number of nitrogens with zero attached hydrogens (tertiary/aromatic N) is 2. The lowest BCUT2D eigenvalue weighted by atomic mass is 10.4. The fourth-order valence-corrected chi connectivity index (χ4v) is 1.34. The summed E-state index contributed by atoms with van der Waals surface area (Å²) in [4.78, 5) is 4.03. The van der Waals surface area contributed by atoms with E-state index >= 15 is 0 Å². The smallest absolute Gasteiger partial charge is 0.255 e. The Morgan fingerprint density at radius 3 is 2.62 bits per heavy atom. The van der Waals surface area contributed by atoms with Crippen molar-refractivity contribution in [2.45, 2.75) is 37.9 Å². The van der Waals surface area contributed by atoms with Crippen LogP contribution >= 0.6 is 11.8 Å². The van der Waals surface area contributed by atoms with Crippen LogP contribution in [0.5, 0.6) is 0 Å². The first-order valence-electron chi connectivity index (χ1n) is 4.21. The lowest BCUT2D eigenvalue weighted by Gasteiger charge is -1.99. The van der Waals surface area contributed by atoms with Crippen LogP contribution in [0.2, 0.25) is 0 Å². The van der Waals surface area contributed by atoms with Gasteiger partial charge in [-0.1, -0.05) is 19.0 Å². The lowest BCUT2D eigenvalue weighted by molar-refractivity contribution is 0.151. The third kappa shape index (κ3) is 3.36. The highest BCUT2D eigenvalue weighted by Gasteiger charge is 2.11. The van der Waals surface area contributed by atoms with Crippen molar-refractivity contribution in [1.29, 1.82) is 0 Å². The van der Waals surface area contributed by atoms with Gasteiger partial charge >= 0.3 is 0 Å². The summed E-state index contributed by atoms with van der Waals surface area (Å²) < 4.78 is 4.83. The Kier molecular flexibility index (Phi) is 3.74. The molecule has 1 rings (SSSR count). The van der Waals surface area contributed by atoms with E-state index in [2.05, 4.69) is 24.0 Å². The van der Waals surface area contributed by atoms with E-state index in [4.69, 9.17) is 9.63 Å². The third-order valence-corrected chi connectivity index (χ3v) is 2.48. The minimum atomic E-state index is -0.676. The van der Waals surface area contributed by atoms with E-state index < -0.39 is 6.10 Å². The van der Waals surface area contributed by atoms with E-state index in [1.54, 1.807) is 18.7 Å². The quantitative estimate of drug-likeness (QED) is 0.806. The first kappa shape index (κ1) is 10.5. The van der Waals surface area contributed by atoms with E-state index in [0.29, 0.717) is 17.0 Å². The second-order valence-electron chi connectivity index (χ2n) is 3.08. The normalized spacial score (nSPS) is 13.6. The maximum absolute atomic E-state index is 9.11. The Morgan fingerprint density at radius 1 is 1.46 bits per heavy atom. The van der Waals surface area contributed by atoms with E-state index in [9.17, 15) is 0 Å². The highest BCUT2D eigenvalue weighted by molar-refractivity contribution is 7.99. The predicted molar refractivity (Wildman–Crippen MR) is 51.4 cm³/mol. The zero-order valence-corrected chi connectivity index (χ0v) is 8.84. The van der Waals surface area contributed by atoms with Crippen molar-refractivity contribution in [2.75, 3.05) is 0 Å². The molecule has 74 valence electrons. The number of thioether (sulfide) groups is 1. The van der Waals surface area contributed by atoms with Crippen LogP contribution in [0.4, 0.5) is 0 Å². The molecular weight excluding hydrogens is 188 g/mol. The summed E-state index contributed by atoms with van der Waals surface area (Å²) in [6, 6.07) is 0. The average molecular weight is 202 g/mol. The van der Waals surface area contributed by atoms with Crippen LogP contribution in [0.3, 0.4) is 0 Å². The van der Waals surface area contributed by atoms with Gasteiger partial charge in [-0.25, -0.2) is 0 Å². The Morgan fingerprint density at radius 2 is 2.15 bits per heavy atom. The SMILES string of the molecule is CC(C)SCc1noc(C(C)O)n1. The van der Waals surface area contributed by atoms with Crippen molar-refractivity contribution >= 4 is 11.8 Å². The first-order valence-corrected chi connectivity index (χ1v) is 5.26. The molecule has 5 heteroatoms. The standard InChI is InChI=1S/C8H14N2O2S/c1-5(2)13-4-7-9-8(6(3)11)12-10-7/h5-6,11H,4H2,1-3H3. The summed E-state index contributed by atoms with van der Waals surface area (Å²) in [5.41, 5.74) is 0. The Balaban J connectivity index is 2.49. The molecule has 1 heterocycles. The van der Waals surface area contributed by atoms with Crippen LogP contribution in [0.15, 0.2) is 4.52 Å². The summed E-state index contributed by atoms with van der Waals surface area (Å²) in [5, 5.41) is 13.4. The van der Waals surface area contributed by atoms with Crippen molar-refractivity contribution in [2.24, 2.45) is 0 Å². The molecule has 1 aromatic rings. The van der Waals surface area contributed by atoms with Gasteiger partial charge in [0, 0.05) is 0 Å². The van der Waals surface area contributed by atoms with Gasteiger partial charge in [0.1, 0.15) is 6.10 Å². The van der Waals surface area contributed by atoms with E-state index in [1.165, 1.54) is 0 Å². The molecule has 13 heavy (non-hydrogen) atoms. The van der Waals surface area contributed by atoms with E-state index in [0.717, 1.165) is 5.75 Å². The number of rotatable bonds is 4. The Labute approximate surface area is 81.7 Å². The largest absolute Gasteiger partial charge is 0.384 e. The van der Waals surface area contributed by atoms with Crippen LogP contribution < -0.4 is 0 Å². The van der Waals surface area contributed by atoms with Gasteiger partial charge in [0.15, 0.2) is 5.82 Å². The predicted octanol–water partition coefficient (Wildman–Crippen LogP) is 1.76. The third-order valence-electron chi connectivity index (χ3n) is 1.39.